The molecule has 0 radical (unpaired) electrons. The lowest BCUT2D eigenvalue weighted by Gasteiger charge is -2.13. The summed E-state index contributed by atoms with van der Waals surface area (Å²) in [5.74, 6) is 0.586. The summed E-state index contributed by atoms with van der Waals surface area (Å²) >= 11 is 0. The van der Waals surface area contributed by atoms with E-state index in [1.54, 1.807) is 17.8 Å². The molecule has 0 unspecified atom stereocenters. The van der Waals surface area contributed by atoms with Crippen molar-refractivity contribution in [3.05, 3.63) is 65.0 Å². The van der Waals surface area contributed by atoms with Gasteiger partial charge < -0.3 is 9.72 Å². The van der Waals surface area contributed by atoms with E-state index < -0.39 is 0 Å². The first kappa shape index (κ1) is 13.5. The van der Waals surface area contributed by atoms with Gasteiger partial charge in [0.25, 0.3) is 0 Å². The van der Waals surface area contributed by atoms with Gasteiger partial charge in [-0.3, -0.25) is 4.57 Å². The van der Waals surface area contributed by atoms with Crippen LogP contribution >= 0.6 is 0 Å². The third-order valence-corrected chi connectivity index (χ3v) is 3.92. The summed E-state index contributed by atoms with van der Waals surface area (Å²) in [6.45, 7) is 2.01. The second-order valence-electron chi connectivity index (χ2n) is 5.43. The van der Waals surface area contributed by atoms with Crippen LogP contribution in [-0.4, -0.2) is 26.0 Å². The zero-order chi connectivity index (χ0) is 16.0. The van der Waals surface area contributed by atoms with Crippen LogP contribution < -0.4 is 11.0 Å². The SMILES string of the molecule is CNc1nc(=O)n(-c2ccn3ccnc3c2)c2cc(C)ccc12. The molecule has 6 heteroatoms. The third-order valence-electron chi connectivity index (χ3n) is 3.92. The first-order chi connectivity index (χ1) is 11.2. The third kappa shape index (κ3) is 2.07. The second kappa shape index (κ2) is 4.95. The normalized spacial score (nSPS) is 11.2. The van der Waals surface area contributed by atoms with E-state index in [-0.39, 0.29) is 5.69 Å². The van der Waals surface area contributed by atoms with Gasteiger partial charge in [-0.1, -0.05) is 6.07 Å². The quantitative estimate of drug-likeness (QED) is 0.617. The predicted molar refractivity (Wildman–Crippen MR) is 90.4 cm³/mol. The molecule has 3 aromatic heterocycles. The maximum absolute atomic E-state index is 12.6. The molecule has 0 saturated heterocycles. The van der Waals surface area contributed by atoms with Crippen molar-refractivity contribution >= 4 is 22.4 Å². The fourth-order valence-electron chi connectivity index (χ4n) is 2.81. The molecule has 0 aliphatic carbocycles. The molecule has 0 fully saturated rings. The molecule has 0 bridgehead atoms. The molecule has 1 aromatic carbocycles. The topological polar surface area (TPSA) is 64.2 Å². The second-order valence-corrected chi connectivity index (χ2v) is 5.43. The zero-order valence-electron chi connectivity index (χ0n) is 12.8. The van der Waals surface area contributed by atoms with E-state index in [2.05, 4.69) is 15.3 Å². The Morgan fingerprint density at radius 1 is 1.13 bits per heavy atom. The Bertz CT molecular complexity index is 1090. The van der Waals surface area contributed by atoms with Crippen LogP contribution in [0, 0.1) is 6.92 Å². The van der Waals surface area contributed by atoms with Crippen LogP contribution in [-0.2, 0) is 0 Å². The molecule has 0 spiro atoms. The Morgan fingerprint density at radius 2 is 2.00 bits per heavy atom. The van der Waals surface area contributed by atoms with E-state index in [1.807, 2.05) is 54.0 Å². The molecule has 0 aliphatic heterocycles. The number of imidazole rings is 1. The lowest BCUT2D eigenvalue weighted by atomic mass is 10.1. The van der Waals surface area contributed by atoms with Crippen LogP contribution in [0.25, 0.3) is 22.2 Å². The van der Waals surface area contributed by atoms with Crippen LogP contribution in [0.4, 0.5) is 5.82 Å². The van der Waals surface area contributed by atoms with Gasteiger partial charge in [0.2, 0.25) is 0 Å². The maximum atomic E-state index is 12.6. The number of nitrogens with zero attached hydrogens (tertiary/aromatic N) is 4. The molecule has 4 aromatic rings. The smallest absolute Gasteiger partial charge is 0.354 e. The zero-order valence-corrected chi connectivity index (χ0v) is 12.8. The number of aryl methyl sites for hydroxylation is 1. The largest absolute Gasteiger partial charge is 0.372 e. The first-order valence-electron chi connectivity index (χ1n) is 7.31. The number of hydrogen-bond acceptors (Lipinski definition) is 4. The van der Waals surface area contributed by atoms with E-state index in [9.17, 15) is 4.79 Å². The van der Waals surface area contributed by atoms with E-state index >= 15 is 0 Å². The summed E-state index contributed by atoms with van der Waals surface area (Å²) in [7, 11) is 1.77. The van der Waals surface area contributed by atoms with Crippen molar-refractivity contribution in [1.29, 1.82) is 0 Å². The monoisotopic (exact) mass is 305 g/mol. The van der Waals surface area contributed by atoms with Gasteiger partial charge >= 0.3 is 5.69 Å². The van der Waals surface area contributed by atoms with Gasteiger partial charge in [0.15, 0.2) is 0 Å². The summed E-state index contributed by atoms with van der Waals surface area (Å²) in [6.07, 6.45) is 5.48. The Labute approximate surface area is 132 Å². The van der Waals surface area contributed by atoms with Crippen LogP contribution in [0.2, 0.25) is 0 Å². The lowest BCUT2D eigenvalue weighted by molar-refractivity contribution is 0.955. The summed E-state index contributed by atoms with van der Waals surface area (Å²) < 4.78 is 3.52. The molecule has 0 aliphatic rings. The first-order valence-corrected chi connectivity index (χ1v) is 7.31. The van der Waals surface area contributed by atoms with Gasteiger partial charge in [0.05, 0.1) is 11.2 Å². The van der Waals surface area contributed by atoms with Gasteiger partial charge in [-0.25, -0.2) is 9.78 Å². The Morgan fingerprint density at radius 3 is 2.83 bits per heavy atom. The van der Waals surface area contributed by atoms with Crippen LogP contribution in [0.1, 0.15) is 5.56 Å². The fourth-order valence-corrected chi connectivity index (χ4v) is 2.81. The number of anilines is 1. The molecule has 1 N–H and O–H groups in total. The van der Waals surface area contributed by atoms with Gasteiger partial charge in [-0.2, -0.15) is 4.98 Å². The molecule has 0 saturated carbocycles. The van der Waals surface area contributed by atoms with Gasteiger partial charge in [-0.15, -0.1) is 0 Å². The van der Waals surface area contributed by atoms with Crippen molar-refractivity contribution in [3.8, 4) is 5.69 Å². The van der Waals surface area contributed by atoms with E-state index in [0.717, 1.165) is 27.8 Å². The van der Waals surface area contributed by atoms with Gasteiger partial charge in [-0.05, 0) is 30.7 Å². The average Bonchev–Trinajstić information content (AvgIpc) is 3.01. The van der Waals surface area contributed by atoms with Crippen molar-refractivity contribution in [2.75, 3.05) is 12.4 Å². The highest BCUT2D eigenvalue weighted by Crippen LogP contribution is 2.23. The predicted octanol–water partition coefficient (Wildman–Crippen LogP) is 2.38. The Hall–Kier alpha value is -3.15. The summed E-state index contributed by atoms with van der Waals surface area (Å²) in [5.41, 5.74) is 3.13. The lowest BCUT2D eigenvalue weighted by Crippen LogP contribution is -2.23. The molecule has 0 atom stereocenters. The Kier molecular flexibility index (Phi) is 2.90. The minimum Gasteiger partial charge on any atom is -0.372 e. The molecular weight excluding hydrogens is 290 g/mol. The number of fused-ring (bicyclic) bond motifs is 2. The summed E-state index contributed by atoms with van der Waals surface area (Å²) in [4.78, 5) is 21.0. The highest BCUT2D eigenvalue weighted by molar-refractivity contribution is 5.90. The standard InChI is InChI=1S/C17H15N5O/c1-11-3-4-13-14(9-11)22(17(23)20-16(13)18-2)12-5-7-21-8-6-19-15(21)10-12/h3-10H,1-2H3,(H,18,20,23). The van der Waals surface area contributed by atoms with E-state index in [4.69, 9.17) is 0 Å². The molecule has 3 heterocycles. The Balaban J connectivity index is 2.11. The molecule has 6 nitrogen and oxygen atoms in total. The minimum atomic E-state index is -0.316. The van der Waals surface area contributed by atoms with Crippen molar-refractivity contribution < 1.29 is 0 Å². The van der Waals surface area contributed by atoms with Crippen LogP contribution in [0.15, 0.2) is 53.7 Å². The number of aromatic nitrogens is 4. The summed E-state index contributed by atoms with van der Waals surface area (Å²) in [6, 6.07) is 9.75. The molecule has 0 amide bonds. The van der Waals surface area contributed by atoms with E-state index in [1.165, 1.54) is 0 Å². The molecule has 23 heavy (non-hydrogen) atoms. The number of nitrogens with one attached hydrogen (secondary N) is 1. The number of rotatable bonds is 2. The van der Waals surface area contributed by atoms with Crippen molar-refractivity contribution in [3.63, 3.8) is 0 Å². The van der Waals surface area contributed by atoms with Crippen LogP contribution in [0.3, 0.4) is 0 Å². The highest BCUT2D eigenvalue weighted by atomic mass is 16.1. The summed E-state index contributed by atoms with van der Waals surface area (Å²) in [5, 5.41) is 3.90. The number of benzene rings is 1. The van der Waals surface area contributed by atoms with Crippen molar-refractivity contribution in [2.45, 2.75) is 6.92 Å². The van der Waals surface area contributed by atoms with E-state index in [0.29, 0.717) is 5.82 Å². The molecule has 114 valence electrons. The van der Waals surface area contributed by atoms with Crippen molar-refractivity contribution in [1.82, 2.24) is 18.9 Å². The highest BCUT2D eigenvalue weighted by Gasteiger charge is 2.12. The van der Waals surface area contributed by atoms with Gasteiger partial charge in [0.1, 0.15) is 11.5 Å². The van der Waals surface area contributed by atoms with Crippen molar-refractivity contribution in [2.24, 2.45) is 0 Å². The van der Waals surface area contributed by atoms with Gasteiger partial charge in [0, 0.05) is 37.1 Å². The number of pyridine rings is 1. The fraction of sp³-hybridized carbons (Fsp3) is 0.118. The number of hydrogen-bond donors (Lipinski definition) is 1. The van der Waals surface area contributed by atoms with Crippen LogP contribution in [0.5, 0.6) is 0 Å². The molecule has 4 rings (SSSR count). The average molecular weight is 305 g/mol. The minimum absolute atomic E-state index is 0.316. The molecular formula is C17H15N5O. The maximum Gasteiger partial charge on any atom is 0.354 e.